The van der Waals surface area contributed by atoms with Gasteiger partial charge in [-0.15, -0.1) is 0 Å². The van der Waals surface area contributed by atoms with Gasteiger partial charge in [-0.2, -0.15) is 0 Å². The summed E-state index contributed by atoms with van der Waals surface area (Å²) in [5, 5.41) is 0. The van der Waals surface area contributed by atoms with E-state index in [2.05, 4.69) is 4.98 Å². The number of methoxy groups -OCH3 is 1. The standard InChI is InChI=1S/C15H14FN3O/c1-9-3-4-10(16)7-13(9)19-14-8-11(20-2)5-6-12(14)18-15(19)17/h3-8H,1-2H3,(H2,17,18). The summed E-state index contributed by atoms with van der Waals surface area (Å²) in [6, 6.07) is 10.1. The zero-order valence-corrected chi connectivity index (χ0v) is 11.2. The molecular weight excluding hydrogens is 257 g/mol. The quantitative estimate of drug-likeness (QED) is 0.779. The predicted octanol–water partition coefficient (Wildman–Crippen LogP) is 3.06. The molecule has 1 aromatic heterocycles. The molecule has 4 nitrogen and oxygen atoms in total. The molecule has 0 fully saturated rings. The Hall–Kier alpha value is -2.56. The van der Waals surface area contributed by atoms with Crippen LogP contribution < -0.4 is 10.5 Å². The molecule has 0 amide bonds. The number of fused-ring (bicyclic) bond motifs is 1. The highest BCUT2D eigenvalue weighted by molar-refractivity contribution is 5.82. The molecule has 0 aliphatic carbocycles. The summed E-state index contributed by atoms with van der Waals surface area (Å²) < 4.78 is 20.5. The summed E-state index contributed by atoms with van der Waals surface area (Å²) in [7, 11) is 1.60. The minimum atomic E-state index is -0.310. The Morgan fingerprint density at radius 2 is 2.00 bits per heavy atom. The Bertz CT molecular complexity index is 795. The first kappa shape index (κ1) is 12.5. The van der Waals surface area contributed by atoms with E-state index in [9.17, 15) is 4.39 Å². The Balaban J connectivity index is 2.34. The third-order valence-electron chi connectivity index (χ3n) is 3.30. The summed E-state index contributed by atoms with van der Waals surface area (Å²) in [6.45, 7) is 1.90. The molecular formula is C15H14FN3O. The van der Waals surface area contributed by atoms with Crippen LogP contribution >= 0.6 is 0 Å². The number of halogens is 1. The van der Waals surface area contributed by atoms with E-state index in [0.29, 0.717) is 17.4 Å². The molecule has 0 radical (unpaired) electrons. The Labute approximate surface area is 115 Å². The molecule has 0 saturated heterocycles. The number of nitrogens with zero attached hydrogens (tertiary/aromatic N) is 2. The maximum atomic E-state index is 13.5. The Morgan fingerprint density at radius 1 is 1.20 bits per heavy atom. The van der Waals surface area contributed by atoms with E-state index in [1.165, 1.54) is 12.1 Å². The molecule has 2 N–H and O–H groups in total. The minimum absolute atomic E-state index is 0.310. The van der Waals surface area contributed by atoms with Gasteiger partial charge in [0.05, 0.1) is 23.8 Å². The number of anilines is 1. The van der Waals surface area contributed by atoms with Gasteiger partial charge in [0.25, 0.3) is 0 Å². The van der Waals surface area contributed by atoms with Crippen molar-refractivity contribution in [1.29, 1.82) is 0 Å². The molecule has 3 rings (SSSR count). The molecule has 102 valence electrons. The van der Waals surface area contributed by atoms with Crippen molar-refractivity contribution in [3.63, 3.8) is 0 Å². The van der Waals surface area contributed by atoms with Crippen LogP contribution in [0, 0.1) is 12.7 Å². The van der Waals surface area contributed by atoms with Gasteiger partial charge in [-0.05, 0) is 36.8 Å². The van der Waals surface area contributed by atoms with E-state index < -0.39 is 0 Å². The highest BCUT2D eigenvalue weighted by atomic mass is 19.1. The van der Waals surface area contributed by atoms with E-state index in [0.717, 1.165) is 16.6 Å². The van der Waals surface area contributed by atoms with Crippen molar-refractivity contribution in [3.8, 4) is 11.4 Å². The fourth-order valence-electron chi connectivity index (χ4n) is 2.28. The summed E-state index contributed by atoms with van der Waals surface area (Å²) in [6.07, 6.45) is 0. The van der Waals surface area contributed by atoms with Gasteiger partial charge in [0, 0.05) is 6.07 Å². The Kier molecular flexibility index (Phi) is 2.82. The zero-order valence-electron chi connectivity index (χ0n) is 11.2. The summed E-state index contributed by atoms with van der Waals surface area (Å²) in [4.78, 5) is 4.30. The molecule has 0 unspecified atom stereocenters. The smallest absolute Gasteiger partial charge is 0.205 e. The predicted molar refractivity (Wildman–Crippen MR) is 76.7 cm³/mol. The number of imidazole rings is 1. The third kappa shape index (κ3) is 1.87. The third-order valence-corrected chi connectivity index (χ3v) is 3.30. The average molecular weight is 271 g/mol. The number of aryl methyl sites for hydroxylation is 1. The van der Waals surface area contributed by atoms with Crippen LogP contribution in [0.5, 0.6) is 5.75 Å². The highest BCUT2D eigenvalue weighted by Gasteiger charge is 2.13. The number of hydrogen-bond acceptors (Lipinski definition) is 3. The fraction of sp³-hybridized carbons (Fsp3) is 0.133. The van der Waals surface area contributed by atoms with Crippen LogP contribution in [0.15, 0.2) is 36.4 Å². The molecule has 1 heterocycles. The van der Waals surface area contributed by atoms with Crippen LogP contribution in [-0.4, -0.2) is 16.7 Å². The second-order valence-electron chi connectivity index (χ2n) is 4.59. The van der Waals surface area contributed by atoms with Crippen molar-refractivity contribution in [2.75, 3.05) is 12.8 Å². The fourth-order valence-corrected chi connectivity index (χ4v) is 2.28. The maximum absolute atomic E-state index is 13.5. The minimum Gasteiger partial charge on any atom is -0.497 e. The number of ether oxygens (including phenoxy) is 1. The normalized spacial score (nSPS) is 10.9. The van der Waals surface area contributed by atoms with Gasteiger partial charge < -0.3 is 10.5 Å². The van der Waals surface area contributed by atoms with Gasteiger partial charge in [0.2, 0.25) is 5.95 Å². The van der Waals surface area contributed by atoms with Crippen LogP contribution in [0.25, 0.3) is 16.7 Å². The molecule has 2 aromatic carbocycles. The van der Waals surface area contributed by atoms with E-state index in [-0.39, 0.29) is 5.82 Å². The molecule has 0 spiro atoms. The number of nitrogen functional groups attached to an aromatic ring is 1. The number of hydrogen-bond donors (Lipinski definition) is 1. The van der Waals surface area contributed by atoms with Gasteiger partial charge >= 0.3 is 0 Å². The maximum Gasteiger partial charge on any atom is 0.205 e. The van der Waals surface area contributed by atoms with Gasteiger partial charge in [-0.3, -0.25) is 4.57 Å². The second kappa shape index (κ2) is 4.52. The lowest BCUT2D eigenvalue weighted by molar-refractivity contribution is 0.415. The van der Waals surface area contributed by atoms with Crippen molar-refractivity contribution < 1.29 is 9.13 Å². The lowest BCUT2D eigenvalue weighted by Crippen LogP contribution is -2.03. The first-order chi connectivity index (χ1) is 9.60. The van der Waals surface area contributed by atoms with Crippen molar-refractivity contribution >= 4 is 17.0 Å². The van der Waals surface area contributed by atoms with E-state index >= 15 is 0 Å². The number of benzene rings is 2. The number of rotatable bonds is 2. The van der Waals surface area contributed by atoms with Gasteiger partial charge in [0.15, 0.2) is 0 Å². The van der Waals surface area contributed by atoms with Crippen molar-refractivity contribution in [2.24, 2.45) is 0 Å². The number of aromatic nitrogens is 2. The van der Waals surface area contributed by atoms with Gasteiger partial charge in [-0.25, -0.2) is 9.37 Å². The average Bonchev–Trinajstić information content (AvgIpc) is 2.76. The topological polar surface area (TPSA) is 53.1 Å². The van der Waals surface area contributed by atoms with Crippen molar-refractivity contribution in [1.82, 2.24) is 9.55 Å². The first-order valence-corrected chi connectivity index (χ1v) is 6.18. The van der Waals surface area contributed by atoms with E-state index in [1.807, 2.05) is 25.1 Å². The lowest BCUT2D eigenvalue weighted by Gasteiger charge is -2.10. The molecule has 0 aliphatic rings. The molecule has 3 aromatic rings. The van der Waals surface area contributed by atoms with E-state index in [4.69, 9.17) is 10.5 Å². The molecule has 20 heavy (non-hydrogen) atoms. The zero-order chi connectivity index (χ0) is 14.3. The molecule has 0 atom stereocenters. The van der Waals surface area contributed by atoms with E-state index in [1.54, 1.807) is 17.7 Å². The largest absolute Gasteiger partial charge is 0.497 e. The molecule has 0 bridgehead atoms. The summed E-state index contributed by atoms with van der Waals surface area (Å²) in [5.74, 6) is 0.712. The van der Waals surface area contributed by atoms with Crippen LogP contribution in [0.3, 0.4) is 0 Å². The Morgan fingerprint density at radius 3 is 2.75 bits per heavy atom. The summed E-state index contributed by atoms with van der Waals surface area (Å²) in [5.41, 5.74) is 9.11. The van der Waals surface area contributed by atoms with Crippen LogP contribution in [-0.2, 0) is 0 Å². The van der Waals surface area contributed by atoms with Crippen LogP contribution in [0.1, 0.15) is 5.56 Å². The van der Waals surface area contributed by atoms with Crippen molar-refractivity contribution in [2.45, 2.75) is 6.92 Å². The lowest BCUT2D eigenvalue weighted by atomic mass is 10.2. The highest BCUT2D eigenvalue weighted by Crippen LogP contribution is 2.28. The first-order valence-electron chi connectivity index (χ1n) is 6.18. The van der Waals surface area contributed by atoms with Crippen LogP contribution in [0.2, 0.25) is 0 Å². The molecule has 0 saturated carbocycles. The van der Waals surface area contributed by atoms with Crippen molar-refractivity contribution in [3.05, 3.63) is 47.8 Å². The molecule has 0 aliphatic heterocycles. The monoisotopic (exact) mass is 271 g/mol. The van der Waals surface area contributed by atoms with Crippen LogP contribution in [0.4, 0.5) is 10.3 Å². The van der Waals surface area contributed by atoms with Gasteiger partial charge in [-0.1, -0.05) is 6.07 Å². The SMILES string of the molecule is COc1ccc2nc(N)n(-c3cc(F)ccc3C)c2c1. The summed E-state index contributed by atoms with van der Waals surface area (Å²) >= 11 is 0. The van der Waals surface area contributed by atoms with Gasteiger partial charge in [0.1, 0.15) is 11.6 Å². The number of nitrogens with two attached hydrogens (primary N) is 1. The molecule has 5 heteroatoms. The second-order valence-corrected chi connectivity index (χ2v) is 4.59.